The standard InChI is InChI=1S/C11H21NO2/c1-8-5-6-12(10(8)14)7-9(13)11(2,3)4/h8-9,13H,5-7H2,1-4H3. The number of likely N-dealkylation sites (tertiary alicyclic amines) is 1. The number of hydrogen-bond acceptors (Lipinski definition) is 2. The van der Waals surface area contributed by atoms with E-state index in [-0.39, 0.29) is 17.2 Å². The van der Waals surface area contributed by atoms with Gasteiger partial charge >= 0.3 is 0 Å². The molecule has 0 aliphatic carbocycles. The average molecular weight is 199 g/mol. The highest BCUT2D eigenvalue weighted by Crippen LogP contribution is 2.23. The summed E-state index contributed by atoms with van der Waals surface area (Å²) in [6.45, 7) is 9.19. The summed E-state index contributed by atoms with van der Waals surface area (Å²) in [6.07, 6.45) is 0.493. The highest BCUT2D eigenvalue weighted by atomic mass is 16.3. The minimum absolute atomic E-state index is 0.141. The molecule has 1 rings (SSSR count). The summed E-state index contributed by atoms with van der Waals surface area (Å²) in [5.41, 5.74) is -0.147. The Labute approximate surface area is 86.1 Å². The maximum atomic E-state index is 11.6. The lowest BCUT2D eigenvalue weighted by molar-refractivity contribution is -0.132. The largest absolute Gasteiger partial charge is 0.391 e. The molecule has 82 valence electrons. The Hall–Kier alpha value is -0.570. The molecule has 1 amide bonds. The van der Waals surface area contributed by atoms with Crippen molar-refractivity contribution in [2.24, 2.45) is 11.3 Å². The number of carbonyl (C=O) groups is 1. The Balaban J connectivity index is 2.50. The second-order valence-corrected chi connectivity index (χ2v) is 5.36. The SMILES string of the molecule is CC1CCN(CC(O)C(C)(C)C)C1=O. The second kappa shape index (κ2) is 3.89. The van der Waals surface area contributed by atoms with Crippen molar-refractivity contribution in [1.82, 2.24) is 4.90 Å². The monoisotopic (exact) mass is 199 g/mol. The van der Waals surface area contributed by atoms with Crippen molar-refractivity contribution in [1.29, 1.82) is 0 Å². The molecule has 0 spiro atoms. The molecule has 0 bridgehead atoms. The molecule has 2 atom stereocenters. The lowest BCUT2D eigenvalue weighted by Gasteiger charge is -2.29. The molecule has 1 N–H and O–H groups in total. The second-order valence-electron chi connectivity index (χ2n) is 5.36. The van der Waals surface area contributed by atoms with Crippen molar-refractivity contribution in [2.45, 2.75) is 40.2 Å². The molecular formula is C11H21NO2. The fourth-order valence-corrected chi connectivity index (χ4v) is 1.56. The van der Waals surface area contributed by atoms with Crippen LogP contribution < -0.4 is 0 Å². The summed E-state index contributed by atoms with van der Waals surface area (Å²) in [5.74, 6) is 0.329. The minimum atomic E-state index is -0.434. The molecule has 1 saturated heterocycles. The fourth-order valence-electron chi connectivity index (χ4n) is 1.56. The Morgan fingerprint density at radius 1 is 1.57 bits per heavy atom. The Morgan fingerprint density at radius 3 is 2.50 bits per heavy atom. The van der Waals surface area contributed by atoms with Crippen LogP contribution in [0.15, 0.2) is 0 Å². The number of nitrogens with zero attached hydrogens (tertiary/aromatic N) is 1. The van der Waals surface area contributed by atoms with Gasteiger partial charge in [0.05, 0.1) is 6.10 Å². The maximum absolute atomic E-state index is 11.6. The Morgan fingerprint density at radius 2 is 2.14 bits per heavy atom. The quantitative estimate of drug-likeness (QED) is 0.727. The lowest BCUT2D eigenvalue weighted by atomic mass is 9.89. The third-order valence-corrected chi connectivity index (χ3v) is 2.96. The van der Waals surface area contributed by atoms with E-state index in [9.17, 15) is 9.90 Å². The van der Waals surface area contributed by atoms with Crippen LogP contribution in [0.25, 0.3) is 0 Å². The molecule has 0 aromatic rings. The van der Waals surface area contributed by atoms with Crippen molar-refractivity contribution < 1.29 is 9.90 Å². The first-order chi connectivity index (χ1) is 6.32. The molecule has 3 nitrogen and oxygen atoms in total. The number of hydrogen-bond donors (Lipinski definition) is 1. The van der Waals surface area contributed by atoms with Crippen LogP contribution in [0.3, 0.4) is 0 Å². The van der Waals surface area contributed by atoms with Crippen LogP contribution in [0, 0.1) is 11.3 Å². The van der Waals surface area contributed by atoms with Gasteiger partial charge in [-0.05, 0) is 11.8 Å². The molecular weight excluding hydrogens is 178 g/mol. The van der Waals surface area contributed by atoms with Crippen molar-refractivity contribution in [2.75, 3.05) is 13.1 Å². The van der Waals surface area contributed by atoms with Gasteiger partial charge in [-0.1, -0.05) is 27.7 Å². The van der Waals surface area contributed by atoms with Gasteiger partial charge in [-0.25, -0.2) is 0 Å². The first-order valence-corrected chi connectivity index (χ1v) is 5.29. The van der Waals surface area contributed by atoms with Gasteiger partial charge < -0.3 is 10.0 Å². The first-order valence-electron chi connectivity index (χ1n) is 5.29. The van der Waals surface area contributed by atoms with E-state index in [2.05, 4.69) is 0 Å². The van der Waals surface area contributed by atoms with E-state index < -0.39 is 6.10 Å². The van der Waals surface area contributed by atoms with E-state index in [1.54, 1.807) is 4.90 Å². The molecule has 1 aliphatic heterocycles. The number of β-amino-alcohol motifs (C(OH)–C–C–N with tert-alkyl or cyclic N) is 1. The zero-order chi connectivity index (χ0) is 10.9. The van der Waals surface area contributed by atoms with Crippen LogP contribution in [0.5, 0.6) is 0 Å². The van der Waals surface area contributed by atoms with Gasteiger partial charge in [0.1, 0.15) is 0 Å². The first kappa shape index (κ1) is 11.5. The van der Waals surface area contributed by atoms with E-state index in [1.807, 2.05) is 27.7 Å². The minimum Gasteiger partial charge on any atom is -0.391 e. The van der Waals surface area contributed by atoms with Crippen LogP contribution in [-0.4, -0.2) is 35.1 Å². The lowest BCUT2D eigenvalue weighted by Crippen LogP contribution is -2.40. The summed E-state index contributed by atoms with van der Waals surface area (Å²) in [6, 6.07) is 0. The van der Waals surface area contributed by atoms with Crippen LogP contribution in [0.4, 0.5) is 0 Å². The predicted octanol–water partition coefficient (Wildman–Crippen LogP) is 1.26. The number of amides is 1. The van der Waals surface area contributed by atoms with Gasteiger partial charge in [-0.2, -0.15) is 0 Å². The zero-order valence-electron chi connectivity index (χ0n) is 9.58. The Bertz CT molecular complexity index is 220. The van der Waals surface area contributed by atoms with Crippen LogP contribution >= 0.6 is 0 Å². The molecule has 14 heavy (non-hydrogen) atoms. The summed E-state index contributed by atoms with van der Waals surface area (Å²) in [4.78, 5) is 13.4. The van der Waals surface area contributed by atoms with E-state index in [4.69, 9.17) is 0 Å². The number of carbonyl (C=O) groups excluding carboxylic acids is 1. The van der Waals surface area contributed by atoms with Crippen molar-refractivity contribution in [3.8, 4) is 0 Å². The molecule has 3 heteroatoms. The van der Waals surface area contributed by atoms with E-state index >= 15 is 0 Å². The molecule has 1 fully saturated rings. The summed E-state index contributed by atoms with van der Waals surface area (Å²) < 4.78 is 0. The van der Waals surface area contributed by atoms with Gasteiger partial charge in [0.25, 0.3) is 0 Å². The molecule has 0 radical (unpaired) electrons. The molecule has 0 saturated carbocycles. The van der Waals surface area contributed by atoms with Crippen LogP contribution in [-0.2, 0) is 4.79 Å². The number of aliphatic hydroxyl groups is 1. The smallest absolute Gasteiger partial charge is 0.225 e. The Kier molecular flexibility index (Phi) is 3.20. The highest BCUT2D eigenvalue weighted by Gasteiger charge is 2.32. The van der Waals surface area contributed by atoms with Crippen LogP contribution in [0.2, 0.25) is 0 Å². The van der Waals surface area contributed by atoms with Crippen LogP contribution in [0.1, 0.15) is 34.1 Å². The molecule has 1 aliphatic rings. The number of rotatable bonds is 2. The fraction of sp³-hybridized carbons (Fsp3) is 0.909. The van der Waals surface area contributed by atoms with Gasteiger partial charge in [0, 0.05) is 19.0 Å². The topological polar surface area (TPSA) is 40.5 Å². The van der Waals surface area contributed by atoms with Gasteiger partial charge in [-0.3, -0.25) is 4.79 Å². The van der Waals surface area contributed by atoms with Crippen molar-refractivity contribution in [3.05, 3.63) is 0 Å². The third-order valence-electron chi connectivity index (χ3n) is 2.96. The highest BCUT2D eigenvalue weighted by molar-refractivity contribution is 5.80. The van der Waals surface area contributed by atoms with Crippen molar-refractivity contribution >= 4 is 5.91 Å². The van der Waals surface area contributed by atoms with Gasteiger partial charge in [0.2, 0.25) is 5.91 Å². The number of aliphatic hydroxyl groups excluding tert-OH is 1. The summed E-state index contributed by atoms with van der Waals surface area (Å²) in [5, 5.41) is 9.86. The molecule has 2 unspecified atom stereocenters. The summed E-state index contributed by atoms with van der Waals surface area (Å²) >= 11 is 0. The molecule has 0 aromatic heterocycles. The third kappa shape index (κ3) is 2.47. The van der Waals surface area contributed by atoms with E-state index in [1.165, 1.54) is 0 Å². The normalized spacial score (nSPS) is 25.6. The average Bonchev–Trinajstić information content (AvgIpc) is 2.34. The van der Waals surface area contributed by atoms with Crippen molar-refractivity contribution in [3.63, 3.8) is 0 Å². The van der Waals surface area contributed by atoms with E-state index in [0.717, 1.165) is 13.0 Å². The van der Waals surface area contributed by atoms with E-state index in [0.29, 0.717) is 6.54 Å². The van der Waals surface area contributed by atoms with Gasteiger partial charge in [-0.15, -0.1) is 0 Å². The van der Waals surface area contributed by atoms with Gasteiger partial charge in [0.15, 0.2) is 0 Å². The zero-order valence-corrected chi connectivity index (χ0v) is 9.58. The summed E-state index contributed by atoms with van der Waals surface area (Å²) in [7, 11) is 0. The molecule has 0 aromatic carbocycles. The predicted molar refractivity (Wildman–Crippen MR) is 55.8 cm³/mol. The maximum Gasteiger partial charge on any atom is 0.225 e. The molecule has 1 heterocycles.